The van der Waals surface area contributed by atoms with Crippen LogP contribution in [0.5, 0.6) is 23.0 Å². The number of benzene rings is 2. The molecule has 0 saturated carbocycles. The number of carbonyl (C=O) groups excluding carboxylic acids is 1. The third kappa shape index (κ3) is 6.19. The van der Waals surface area contributed by atoms with E-state index < -0.39 is 29.5 Å². The Bertz CT molecular complexity index is 824. The number of halogens is 5. The second-order valence-electron chi connectivity index (χ2n) is 4.71. The van der Waals surface area contributed by atoms with Crippen molar-refractivity contribution in [3.63, 3.8) is 0 Å². The highest BCUT2D eigenvalue weighted by Gasteiger charge is 2.31. The topological polar surface area (TPSA) is 54.0 Å². The lowest BCUT2D eigenvalue weighted by Gasteiger charge is -2.15. The van der Waals surface area contributed by atoms with Crippen LogP contribution in [0.3, 0.4) is 0 Å². The first-order chi connectivity index (χ1) is 13.1. The van der Waals surface area contributed by atoms with Crippen molar-refractivity contribution in [2.75, 3.05) is 14.2 Å². The van der Waals surface area contributed by atoms with Crippen molar-refractivity contribution in [2.24, 2.45) is 0 Å². The van der Waals surface area contributed by atoms with Crippen molar-refractivity contribution in [2.45, 2.75) is 20.2 Å². The molecule has 0 aromatic heterocycles. The van der Waals surface area contributed by atoms with Crippen molar-refractivity contribution in [3.8, 4) is 23.0 Å². The second-order valence-corrected chi connectivity index (χ2v) is 5.15. The molecule has 0 heterocycles. The Morgan fingerprint density at radius 1 is 1.00 bits per heavy atom. The molecule has 0 spiro atoms. The molecule has 0 saturated heterocycles. The summed E-state index contributed by atoms with van der Waals surface area (Å²) in [6.45, 7) is 4.00. The molecule has 10 heteroatoms. The van der Waals surface area contributed by atoms with Gasteiger partial charge in [-0.2, -0.15) is 0 Å². The predicted octanol–water partition coefficient (Wildman–Crippen LogP) is 5.99. The van der Waals surface area contributed by atoms with Crippen LogP contribution in [0, 0.1) is 5.82 Å². The summed E-state index contributed by atoms with van der Waals surface area (Å²) in [6, 6.07) is 5.01. The monoisotopic (exact) mass is 424 g/mol. The first kappa shape index (κ1) is 23.4. The predicted molar refractivity (Wildman–Crippen MR) is 93.8 cm³/mol. The molecule has 2 aromatic rings. The Labute approximate surface area is 163 Å². The first-order valence-electron chi connectivity index (χ1n) is 7.83. The molecule has 2 aromatic carbocycles. The van der Waals surface area contributed by atoms with E-state index in [-0.39, 0.29) is 22.3 Å². The van der Waals surface area contributed by atoms with Crippen LogP contribution < -0.4 is 14.2 Å². The van der Waals surface area contributed by atoms with Gasteiger partial charge in [0.1, 0.15) is 22.9 Å². The standard InChI is InChI=1S/C16H11ClF4O5.C2H6/c1-23-12-7-9(26-16(19,20)21)3-4-11(12)25-13-6-8(17)5-10(18)14(13)15(22)24-2;1-2/h3-7H,1-2H3;1-2H3. The van der Waals surface area contributed by atoms with Crippen molar-refractivity contribution in [1.29, 1.82) is 0 Å². The molecule has 2 rings (SSSR count). The van der Waals surface area contributed by atoms with Crippen LogP contribution in [0.25, 0.3) is 0 Å². The van der Waals surface area contributed by atoms with Gasteiger partial charge in [-0.15, -0.1) is 13.2 Å². The summed E-state index contributed by atoms with van der Waals surface area (Å²) < 4.78 is 69.5. The molecule has 0 amide bonds. The number of ether oxygens (including phenoxy) is 4. The van der Waals surface area contributed by atoms with Crippen molar-refractivity contribution >= 4 is 17.6 Å². The van der Waals surface area contributed by atoms with E-state index in [0.717, 1.165) is 37.4 Å². The molecule has 0 aliphatic carbocycles. The number of rotatable bonds is 5. The summed E-state index contributed by atoms with van der Waals surface area (Å²) in [5, 5.41) is -0.0684. The lowest BCUT2D eigenvalue weighted by molar-refractivity contribution is -0.274. The molecular weight excluding hydrogens is 408 g/mol. The Hall–Kier alpha value is -2.68. The third-order valence-corrected chi connectivity index (χ3v) is 3.22. The Morgan fingerprint density at radius 3 is 2.18 bits per heavy atom. The van der Waals surface area contributed by atoms with Gasteiger partial charge in [0.15, 0.2) is 11.5 Å². The number of carbonyl (C=O) groups is 1. The fourth-order valence-corrected chi connectivity index (χ4v) is 2.17. The Kier molecular flexibility index (Phi) is 8.36. The van der Waals surface area contributed by atoms with Crippen molar-refractivity contribution in [1.82, 2.24) is 0 Å². The maximum atomic E-state index is 14.0. The molecule has 0 aliphatic heterocycles. The maximum absolute atomic E-state index is 14.0. The van der Waals surface area contributed by atoms with Gasteiger partial charge in [0.25, 0.3) is 0 Å². The molecule has 0 radical (unpaired) electrons. The van der Waals surface area contributed by atoms with Gasteiger partial charge in [0.05, 0.1) is 14.2 Å². The summed E-state index contributed by atoms with van der Waals surface area (Å²) in [5.41, 5.74) is -0.533. The zero-order valence-corrected chi connectivity index (χ0v) is 16.1. The van der Waals surface area contributed by atoms with E-state index in [1.165, 1.54) is 7.11 Å². The van der Waals surface area contributed by atoms with Gasteiger partial charge in [-0.25, -0.2) is 9.18 Å². The molecule has 154 valence electrons. The molecule has 28 heavy (non-hydrogen) atoms. The van der Waals surface area contributed by atoms with Crippen molar-refractivity contribution < 1.29 is 41.3 Å². The molecule has 0 unspecified atom stereocenters. The zero-order valence-electron chi connectivity index (χ0n) is 15.3. The van der Waals surface area contributed by atoms with Gasteiger partial charge in [-0.3, -0.25) is 0 Å². The summed E-state index contributed by atoms with van der Waals surface area (Å²) in [7, 11) is 2.23. The minimum atomic E-state index is -4.89. The van der Waals surface area contributed by atoms with E-state index in [1.54, 1.807) is 0 Å². The highest BCUT2D eigenvalue weighted by molar-refractivity contribution is 6.30. The van der Waals surface area contributed by atoms with E-state index in [0.29, 0.717) is 0 Å². The highest BCUT2D eigenvalue weighted by Crippen LogP contribution is 2.38. The third-order valence-electron chi connectivity index (χ3n) is 3.00. The van der Waals surface area contributed by atoms with Gasteiger partial charge in [-0.05, 0) is 18.2 Å². The van der Waals surface area contributed by atoms with Gasteiger partial charge in [-0.1, -0.05) is 25.4 Å². The number of methoxy groups -OCH3 is 2. The van der Waals surface area contributed by atoms with Crippen LogP contribution in [0.2, 0.25) is 5.02 Å². The van der Waals surface area contributed by atoms with Gasteiger partial charge >= 0.3 is 12.3 Å². The van der Waals surface area contributed by atoms with Crippen LogP contribution in [-0.4, -0.2) is 26.6 Å². The fraction of sp³-hybridized carbons (Fsp3) is 0.278. The number of alkyl halides is 3. The smallest absolute Gasteiger partial charge is 0.493 e. The van der Waals surface area contributed by atoms with Crippen molar-refractivity contribution in [3.05, 3.63) is 46.7 Å². The van der Waals surface area contributed by atoms with Gasteiger partial charge < -0.3 is 18.9 Å². The summed E-state index contributed by atoms with van der Waals surface area (Å²) in [6.07, 6.45) is -4.89. The van der Waals surface area contributed by atoms with Gasteiger partial charge in [0.2, 0.25) is 0 Å². The zero-order chi connectivity index (χ0) is 21.5. The fourth-order valence-electron chi connectivity index (χ4n) is 1.98. The lowest BCUT2D eigenvalue weighted by atomic mass is 10.2. The van der Waals surface area contributed by atoms with E-state index in [9.17, 15) is 22.4 Å². The molecule has 0 fully saturated rings. The Balaban J connectivity index is 0.00000190. The largest absolute Gasteiger partial charge is 0.573 e. The summed E-state index contributed by atoms with van der Waals surface area (Å²) in [5.74, 6) is -3.12. The molecule has 0 bridgehead atoms. The molecule has 0 N–H and O–H groups in total. The van der Waals surface area contributed by atoms with Gasteiger partial charge in [0, 0.05) is 17.2 Å². The number of hydrogen-bond acceptors (Lipinski definition) is 5. The quantitative estimate of drug-likeness (QED) is 0.436. The lowest BCUT2D eigenvalue weighted by Crippen LogP contribution is -2.17. The normalized spacial score (nSPS) is 10.5. The van der Waals surface area contributed by atoms with Crippen LogP contribution in [0.15, 0.2) is 30.3 Å². The van der Waals surface area contributed by atoms with E-state index in [4.69, 9.17) is 21.1 Å². The maximum Gasteiger partial charge on any atom is 0.573 e. The molecule has 0 aliphatic rings. The summed E-state index contributed by atoms with van der Waals surface area (Å²) >= 11 is 5.76. The van der Waals surface area contributed by atoms with Crippen LogP contribution in [0.4, 0.5) is 17.6 Å². The van der Waals surface area contributed by atoms with Crippen LogP contribution in [0.1, 0.15) is 24.2 Å². The van der Waals surface area contributed by atoms with Crippen LogP contribution in [-0.2, 0) is 4.74 Å². The first-order valence-corrected chi connectivity index (χ1v) is 8.21. The number of esters is 1. The van der Waals surface area contributed by atoms with E-state index >= 15 is 0 Å². The Morgan fingerprint density at radius 2 is 1.64 bits per heavy atom. The second kappa shape index (κ2) is 10.0. The van der Waals surface area contributed by atoms with E-state index in [2.05, 4.69) is 9.47 Å². The summed E-state index contributed by atoms with van der Waals surface area (Å²) in [4.78, 5) is 11.8. The van der Waals surface area contributed by atoms with E-state index in [1.807, 2.05) is 13.8 Å². The molecule has 0 atom stereocenters. The highest BCUT2D eigenvalue weighted by atomic mass is 35.5. The number of hydrogen-bond donors (Lipinski definition) is 0. The SMILES string of the molecule is CC.COC(=O)c1c(F)cc(Cl)cc1Oc1ccc(OC(F)(F)F)cc1OC. The molecule has 5 nitrogen and oxygen atoms in total. The average Bonchev–Trinajstić information content (AvgIpc) is 2.62. The average molecular weight is 425 g/mol. The minimum absolute atomic E-state index is 0.0684. The minimum Gasteiger partial charge on any atom is -0.493 e. The molecular formula is C18H17ClF4O5. The van der Waals surface area contributed by atoms with Crippen LogP contribution >= 0.6 is 11.6 Å².